The second-order valence-electron chi connectivity index (χ2n) is 2.68. The van der Waals surface area contributed by atoms with E-state index in [2.05, 4.69) is 13.8 Å². The summed E-state index contributed by atoms with van der Waals surface area (Å²) in [6.07, 6.45) is -7.57. The molecule has 0 radical (unpaired) electrons. The first kappa shape index (κ1) is 16.7. The monoisotopic (exact) mass is 238 g/mol. The van der Waals surface area contributed by atoms with Crippen molar-refractivity contribution in [2.75, 3.05) is 0 Å². The first-order chi connectivity index (χ1) is 6.57. The van der Waals surface area contributed by atoms with Gasteiger partial charge in [-0.2, -0.15) is 26.3 Å². The van der Waals surface area contributed by atoms with E-state index in [1.165, 1.54) is 19.3 Å². The molecule has 0 aliphatic rings. The topological polar surface area (TPSA) is 17.1 Å². The molecule has 0 fully saturated rings. The molecule has 0 aromatic heterocycles. The van der Waals surface area contributed by atoms with Crippen LogP contribution in [-0.2, 0) is 4.79 Å². The molecule has 7 heteroatoms. The molecule has 0 saturated heterocycles. The molecule has 0 N–H and O–H groups in total. The maximum Gasteiger partial charge on any atom is 0.459 e. The van der Waals surface area contributed by atoms with Crippen LogP contribution >= 0.6 is 0 Å². The van der Waals surface area contributed by atoms with E-state index in [1.54, 1.807) is 0 Å². The van der Waals surface area contributed by atoms with Gasteiger partial charge in [0.25, 0.3) is 0 Å². The Kier molecular flexibility index (Phi) is 7.43. The third-order valence-electron chi connectivity index (χ3n) is 1.22. The minimum atomic E-state index is -5.82. The number of carbonyl (C=O) groups excluding carboxylic acids is 1. The molecule has 0 spiro atoms. The number of hydrogen-bond donors (Lipinski definition) is 0. The fraction of sp³-hybridized carbons (Fsp3) is 0.875. The lowest BCUT2D eigenvalue weighted by Crippen LogP contribution is -2.36. The van der Waals surface area contributed by atoms with Gasteiger partial charge >= 0.3 is 18.1 Å². The van der Waals surface area contributed by atoms with E-state index in [4.69, 9.17) is 0 Å². The van der Waals surface area contributed by atoms with Gasteiger partial charge in [0, 0.05) is 0 Å². The molecule has 0 atom stereocenters. The van der Waals surface area contributed by atoms with Crippen LogP contribution in [0.1, 0.15) is 33.1 Å². The molecule has 0 rings (SSSR count). The Balaban J connectivity index is 0. The van der Waals surface area contributed by atoms with Crippen LogP contribution in [0.3, 0.4) is 0 Å². The van der Waals surface area contributed by atoms with Crippen molar-refractivity contribution in [3.8, 4) is 0 Å². The van der Waals surface area contributed by atoms with E-state index in [0.717, 1.165) is 0 Å². The van der Waals surface area contributed by atoms with Crippen molar-refractivity contribution in [2.45, 2.75) is 45.5 Å². The summed E-state index contributed by atoms with van der Waals surface area (Å²) in [6.45, 7) is 4.42. The van der Waals surface area contributed by atoms with E-state index in [-0.39, 0.29) is 0 Å². The summed E-state index contributed by atoms with van der Waals surface area (Å²) in [5.41, 5.74) is 0. The van der Waals surface area contributed by atoms with Crippen LogP contribution in [0.4, 0.5) is 26.3 Å². The molecule has 0 aromatic rings. The number of halogens is 6. The number of ketones is 1. The Morgan fingerprint density at radius 1 is 0.867 bits per heavy atom. The zero-order valence-corrected chi connectivity index (χ0v) is 8.30. The van der Waals surface area contributed by atoms with Crippen LogP contribution in [-0.4, -0.2) is 18.1 Å². The van der Waals surface area contributed by atoms with Crippen LogP contribution in [0.25, 0.3) is 0 Å². The van der Waals surface area contributed by atoms with Crippen molar-refractivity contribution in [3.63, 3.8) is 0 Å². The second kappa shape index (κ2) is 6.68. The predicted molar refractivity (Wildman–Crippen MR) is 42.3 cm³/mol. The van der Waals surface area contributed by atoms with Gasteiger partial charge < -0.3 is 0 Å². The smallest absolute Gasteiger partial charge is 0.279 e. The van der Waals surface area contributed by atoms with Crippen molar-refractivity contribution in [1.29, 1.82) is 0 Å². The maximum absolute atomic E-state index is 10.9. The maximum atomic E-state index is 10.9. The summed E-state index contributed by atoms with van der Waals surface area (Å²) in [6, 6.07) is 0. The Labute approximate surface area is 83.5 Å². The van der Waals surface area contributed by atoms with Crippen molar-refractivity contribution < 1.29 is 31.1 Å². The van der Waals surface area contributed by atoms with E-state index in [9.17, 15) is 31.1 Å². The minimum Gasteiger partial charge on any atom is -0.279 e. The Hall–Kier alpha value is -0.750. The van der Waals surface area contributed by atoms with Crippen molar-refractivity contribution in [2.24, 2.45) is 0 Å². The zero-order chi connectivity index (χ0) is 12.7. The number of alkyl halides is 6. The molecule has 0 bridgehead atoms. The van der Waals surface area contributed by atoms with E-state index < -0.39 is 18.1 Å². The normalized spacial score (nSPS) is 11.7. The number of unbranched alkanes of at least 4 members (excludes halogenated alkanes) is 2. The lowest BCUT2D eigenvalue weighted by atomic mass is 10.3. The summed E-state index contributed by atoms with van der Waals surface area (Å²) < 4.78 is 65.3. The molecule has 0 unspecified atom stereocenters. The highest BCUT2D eigenvalue weighted by Crippen LogP contribution is 2.28. The third-order valence-corrected chi connectivity index (χ3v) is 1.22. The van der Waals surface area contributed by atoms with Crippen molar-refractivity contribution >= 4 is 5.78 Å². The fourth-order valence-corrected chi connectivity index (χ4v) is 0.514. The number of rotatable bonds is 2. The average molecular weight is 238 g/mol. The van der Waals surface area contributed by atoms with Crippen LogP contribution in [0.15, 0.2) is 0 Å². The van der Waals surface area contributed by atoms with Crippen LogP contribution in [0, 0.1) is 0 Å². The van der Waals surface area contributed by atoms with E-state index in [0.29, 0.717) is 0 Å². The first-order valence-corrected chi connectivity index (χ1v) is 4.25. The summed E-state index contributed by atoms with van der Waals surface area (Å²) in [4.78, 5) is 9.24. The van der Waals surface area contributed by atoms with E-state index >= 15 is 0 Å². The molecule has 0 amide bonds. The van der Waals surface area contributed by atoms with Crippen molar-refractivity contribution in [1.82, 2.24) is 0 Å². The van der Waals surface area contributed by atoms with Gasteiger partial charge in [0.05, 0.1) is 0 Å². The minimum absolute atomic E-state index is 1.34. The molecular formula is C8H12F6O. The highest BCUT2D eigenvalue weighted by Gasteiger charge is 2.55. The number of carbonyl (C=O) groups is 1. The Morgan fingerprint density at radius 2 is 1.13 bits per heavy atom. The molecule has 0 aromatic carbocycles. The average Bonchev–Trinajstić information content (AvgIpc) is 2.02. The number of Topliss-reactive ketones (excluding diaryl/α,β-unsaturated/α-hetero) is 1. The van der Waals surface area contributed by atoms with Crippen LogP contribution in [0.2, 0.25) is 0 Å². The van der Waals surface area contributed by atoms with Crippen molar-refractivity contribution in [3.05, 3.63) is 0 Å². The van der Waals surface area contributed by atoms with Gasteiger partial charge in [0.15, 0.2) is 0 Å². The van der Waals surface area contributed by atoms with Gasteiger partial charge in [-0.15, -0.1) is 0 Å². The fourth-order valence-electron chi connectivity index (χ4n) is 0.514. The Morgan fingerprint density at radius 3 is 1.13 bits per heavy atom. The molecule has 0 saturated carbocycles. The molecule has 0 aliphatic carbocycles. The van der Waals surface area contributed by atoms with Crippen LogP contribution < -0.4 is 0 Å². The largest absolute Gasteiger partial charge is 0.459 e. The molecular weight excluding hydrogens is 226 g/mol. The zero-order valence-electron chi connectivity index (χ0n) is 8.30. The van der Waals surface area contributed by atoms with Gasteiger partial charge in [0.1, 0.15) is 0 Å². The van der Waals surface area contributed by atoms with Gasteiger partial charge in [-0.25, -0.2) is 0 Å². The van der Waals surface area contributed by atoms with Gasteiger partial charge in [-0.3, -0.25) is 4.79 Å². The molecule has 0 aliphatic heterocycles. The summed E-state index contributed by atoms with van der Waals surface area (Å²) >= 11 is 0. The lowest BCUT2D eigenvalue weighted by molar-refractivity contribution is -0.217. The van der Waals surface area contributed by atoms with Gasteiger partial charge in [-0.05, 0) is 0 Å². The Bertz CT molecular complexity index is 163. The second-order valence-corrected chi connectivity index (χ2v) is 2.68. The quantitative estimate of drug-likeness (QED) is 0.667. The number of hydrogen-bond acceptors (Lipinski definition) is 1. The van der Waals surface area contributed by atoms with Gasteiger partial charge in [-0.1, -0.05) is 33.1 Å². The lowest BCUT2D eigenvalue weighted by Gasteiger charge is -2.06. The SMILES string of the molecule is CCCCC.O=C(C(F)(F)F)C(F)(F)F. The molecule has 1 nitrogen and oxygen atoms in total. The van der Waals surface area contributed by atoms with Crippen LogP contribution in [0.5, 0.6) is 0 Å². The summed E-state index contributed by atoms with van der Waals surface area (Å²) in [5.74, 6) is -3.68. The standard InChI is InChI=1S/C5H12.C3F6O/c1-3-5-4-2;4-2(5,6)1(10)3(7,8)9/h3-5H2,1-2H3;. The third kappa shape index (κ3) is 9.55. The summed E-state index contributed by atoms with van der Waals surface area (Å²) in [7, 11) is 0. The predicted octanol–water partition coefficient (Wildman–Crippen LogP) is 3.88. The highest BCUT2D eigenvalue weighted by atomic mass is 19.4. The van der Waals surface area contributed by atoms with E-state index in [1.807, 2.05) is 0 Å². The van der Waals surface area contributed by atoms with Gasteiger partial charge in [0.2, 0.25) is 0 Å². The summed E-state index contributed by atoms with van der Waals surface area (Å²) in [5, 5.41) is 0. The molecule has 92 valence electrons. The first-order valence-electron chi connectivity index (χ1n) is 4.25. The highest BCUT2D eigenvalue weighted by molar-refractivity contribution is 5.89. The molecule has 15 heavy (non-hydrogen) atoms. The molecule has 0 heterocycles.